The van der Waals surface area contributed by atoms with Gasteiger partial charge < -0.3 is 9.47 Å². The summed E-state index contributed by atoms with van der Waals surface area (Å²) < 4.78 is 12.4. The number of aromatic nitrogens is 1. The lowest BCUT2D eigenvalue weighted by Crippen LogP contribution is -2.38. The zero-order valence-corrected chi connectivity index (χ0v) is 20.4. The Hall–Kier alpha value is -4.04. The third-order valence-electron chi connectivity index (χ3n) is 5.27. The highest BCUT2D eigenvalue weighted by atomic mass is 32.1. The zero-order valence-electron chi connectivity index (χ0n) is 19.6. The molecular weight excluding hydrogens is 464 g/mol. The summed E-state index contributed by atoms with van der Waals surface area (Å²) in [4.78, 5) is 42.5. The molecule has 3 aromatic rings. The molecule has 2 heterocycles. The number of carbonyl (C=O) groups is 2. The van der Waals surface area contributed by atoms with E-state index in [2.05, 4.69) is 4.99 Å². The Morgan fingerprint density at radius 3 is 2.46 bits per heavy atom. The first-order valence-corrected chi connectivity index (χ1v) is 11.9. The van der Waals surface area contributed by atoms with Crippen LogP contribution in [0.1, 0.15) is 37.9 Å². The summed E-state index contributed by atoms with van der Waals surface area (Å²) in [6.45, 7) is 5.05. The van der Waals surface area contributed by atoms with Crippen LogP contribution in [-0.2, 0) is 14.3 Å². The minimum absolute atomic E-state index is 0.221. The monoisotopic (exact) mass is 488 g/mol. The number of allylic oxidation sites excluding steroid dienone is 2. The van der Waals surface area contributed by atoms with Crippen LogP contribution in [-0.4, -0.2) is 23.1 Å². The van der Waals surface area contributed by atoms with Crippen LogP contribution in [0, 0.1) is 0 Å². The Kier molecular flexibility index (Phi) is 7.22. The maximum Gasteiger partial charge on any atom is 0.338 e. The molecule has 35 heavy (non-hydrogen) atoms. The topological polar surface area (TPSA) is 87.0 Å². The molecule has 1 atom stereocenters. The number of nitrogens with zero attached hydrogens (tertiary/aromatic N) is 2. The molecule has 0 N–H and O–H groups in total. The number of hydrogen-bond acceptors (Lipinski definition) is 7. The van der Waals surface area contributed by atoms with Gasteiger partial charge in [0.1, 0.15) is 5.75 Å². The number of thiazole rings is 1. The van der Waals surface area contributed by atoms with Gasteiger partial charge in [-0.1, -0.05) is 66.0 Å². The van der Waals surface area contributed by atoms with E-state index in [1.54, 1.807) is 44.2 Å². The second-order valence-corrected chi connectivity index (χ2v) is 8.79. The van der Waals surface area contributed by atoms with Gasteiger partial charge in [0.15, 0.2) is 4.80 Å². The van der Waals surface area contributed by atoms with Gasteiger partial charge >= 0.3 is 11.9 Å². The first-order valence-electron chi connectivity index (χ1n) is 11.1. The molecule has 0 saturated heterocycles. The molecule has 7 nitrogen and oxygen atoms in total. The summed E-state index contributed by atoms with van der Waals surface area (Å²) in [6, 6.07) is 15.9. The third kappa shape index (κ3) is 5.38. The van der Waals surface area contributed by atoms with Gasteiger partial charge in [0.25, 0.3) is 5.56 Å². The molecule has 0 radical (unpaired) electrons. The molecule has 0 spiro atoms. The Bertz CT molecular complexity index is 1500. The van der Waals surface area contributed by atoms with E-state index in [1.807, 2.05) is 42.5 Å². The molecule has 0 aliphatic carbocycles. The number of hydrogen-bond donors (Lipinski definition) is 0. The Labute approximate surface area is 206 Å². The van der Waals surface area contributed by atoms with Crippen molar-refractivity contribution in [3.05, 3.63) is 103 Å². The van der Waals surface area contributed by atoms with E-state index in [0.29, 0.717) is 26.4 Å². The molecule has 1 aromatic heterocycles. The average molecular weight is 489 g/mol. The molecule has 0 bridgehead atoms. The maximum absolute atomic E-state index is 13.5. The van der Waals surface area contributed by atoms with Crippen LogP contribution in [0.25, 0.3) is 12.2 Å². The van der Waals surface area contributed by atoms with Crippen LogP contribution in [0.15, 0.2) is 81.7 Å². The van der Waals surface area contributed by atoms with Gasteiger partial charge in [-0.05, 0) is 43.2 Å². The van der Waals surface area contributed by atoms with Crippen molar-refractivity contribution in [1.82, 2.24) is 4.57 Å². The molecule has 1 aliphatic rings. The van der Waals surface area contributed by atoms with E-state index in [9.17, 15) is 14.4 Å². The normalized spacial score (nSPS) is 15.6. The summed E-state index contributed by atoms with van der Waals surface area (Å²) in [5.74, 6) is -0.467. The molecule has 4 rings (SSSR count). The van der Waals surface area contributed by atoms with Crippen LogP contribution in [0.5, 0.6) is 5.75 Å². The van der Waals surface area contributed by atoms with Crippen LogP contribution in [0.2, 0.25) is 0 Å². The van der Waals surface area contributed by atoms with Crippen molar-refractivity contribution in [2.75, 3.05) is 6.61 Å². The van der Waals surface area contributed by atoms with Crippen molar-refractivity contribution in [2.45, 2.75) is 26.8 Å². The molecule has 0 fully saturated rings. The third-order valence-corrected chi connectivity index (χ3v) is 6.25. The fourth-order valence-electron chi connectivity index (χ4n) is 3.73. The lowest BCUT2D eigenvalue weighted by atomic mass is 10.0. The van der Waals surface area contributed by atoms with Crippen LogP contribution in [0.4, 0.5) is 0 Å². The number of ether oxygens (including phenoxy) is 2. The Morgan fingerprint density at radius 2 is 1.80 bits per heavy atom. The van der Waals surface area contributed by atoms with Crippen molar-refractivity contribution in [3.63, 3.8) is 0 Å². The fraction of sp³-hybridized carbons (Fsp3) is 0.185. The minimum atomic E-state index is -0.654. The number of esters is 2. The first-order chi connectivity index (χ1) is 16.9. The first kappa shape index (κ1) is 24.1. The van der Waals surface area contributed by atoms with Gasteiger partial charge in [-0.25, -0.2) is 9.79 Å². The summed E-state index contributed by atoms with van der Waals surface area (Å²) in [5.41, 5.74) is 2.31. The van der Waals surface area contributed by atoms with Crippen LogP contribution < -0.4 is 19.6 Å². The smallest absolute Gasteiger partial charge is 0.338 e. The summed E-state index contributed by atoms with van der Waals surface area (Å²) in [5, 5.41) is 0. The van der Waals surface area contributed by atoms with Crippen LogP contribution >= 0.6 is 11.3 Å². The molecule has 0 amide bonds. The SMILES string of the molecule is CCOC(=O)C1=C(C)N=c2sc(=Cc3ccc(OC(C)=O)cc3)c(=O)n2C1C=Cc1ccccc1. The van der Waals surface area contributed by atoms with Crippen molar-refractivity contribution < 1.29 is 19.1 Å². The second kappa shape index (κ2) is 10.5. The average Bonchev–Trinajstić information content (AvgIpc) is 3.13. The summed E-state index contributed by atoms with van der Waals surface area (Å²) in [6.07, 6.45) is 5.46. The molecule has 8 heteroatoms. The highest BCUT2D eigenvalue weighted by Crippen LogP contribution is 2.26. The number of benzene rings is 2. The minimum Gasteiger partial charge on any atom is -0.463 e. The van der Waals surface area contributed by atoms with Crippen molar-refractivity contribution >= 4 is 35.4 Å². The van der Waals surface area contributed by atoms with E-state index < -0.39 is 18.0 Å². The molecule has 2 aromatic carbocycles. The van der Waals surface area contributed by atoms with E-state index in [1.165, 1.54) is 22.8 Å². The molecule has 178 valence electrons. The second-order valence-electron chi connectivity index (χ2n) is 7.78. The number of fused-ring (bicyclic) bond motifs is 1. The van der Waals surface area contributed by atoms with E-state index in [-0.39, 0.29) is 12.2 Å². The van der Waals surface area contributed by atoms with Gasteiger partial charge in [-0.3, -0.25) is 14.2 Å². The Morgan fingerprint density at radius 1 is 1.09 bits per heavy atom. The number of carbonyl (C=O) groups excluding carboxylic acids is 2. The maximum atomic E-state index is 13.5. The van der Waals surface area contributed by atoms with Crippen molar-refractivity contribution in [2.24, 2.45) is 4.99 Å². The van der Waals surface area contributed by atoms with Crippen molar-refractivity contribution in [3.8, 4) is 5.75 Å². The lowest BCUT2D eigenvalue weighted by molar-refractivity contribution is -0.139. The summed E-state index contributed by atoms with van der Waals surface area (Å²) >= 11 is 1.25. The van der Waals surface area contributed by atoms with E-state index >= 15 is 0 Å². The predicted molar refractivity (Wildman–Crippen MR) is 135 cm³/mol. The van der Waals surface area contributed by atoms with Gasteiger partial charge in [-0.2, -0.15) is 0 Å². The molecule has 1 aliphatic heterocycles. The van der Waals surface area contributed by atoms with E-state index in [0.717, 1.165) is 11.1 Å². The standard InChI is InChI=1S/C27H24N2O5S/c1-4-33-26(32)24-17(2)28-27-29(22(24)15-12-19-8-6-5-7-9-19)25(31)23(35-27)16-20-10-13-21(14-11-20)34-18(3)30/h5-16,22H,4H2,1-3H3. The quantitative estimate of drug-likeness (QED) is 0.392. The highest BCUT2D eigenvalue weighted by Gasteiger charge is 2.30. The van der Waals surface area contributed by atoms with E-state index in [4.69, 9.17) is 9.47 Å². The molecule has 0 saturated carbocycles. The van der Waals surface area contributed by atoms with Crippen molar-refractivity contribution in [1.29, 1.82) is 0 Å². The van der Waals surface area contributed by atoms with Crippen LogP contribution in [0.3, 0.4) is 0 Å². The van der Waals surface area contributed by atoms with Gasteiger partial charge in [0, 0.05) is 6.92 Å². The Balaban J connectivity index is 1.80. The highest BCUT2D eigenvalue weighted by molar-refractivity contribution is 7.07. The lowest BCUT2D eigenvalue weighted by Gasteiger charge is -2.21. The molecular formula is C27H24N2O5S. The molecule has 1 unspecified atom stereocenters. The predicted octanol–water partition coefficient (Wildman–Crippen LogP) is 3.39. The zero-order chi connectivity index (χ0) is 24.9. The fourth-order valence-corrected chi connectivity index (χ4v) is 4.79. The largest absolute Gasteiger partial charge is 0.463 e. The van der Waals surface area contributed by atoms with Gasteiger partial charge in [0.2, 0.25) is 0 Å². The number of rotatable bonds is 6. The summed E-state index contributed by atoms with van der Waals surface area (Å²) in [7, 11) is 0. The van der Waals surface area contributed by atoms with Gasteiger partial charge in [-0.15, -0.1) is 0 Å². The van der Waals surface area contributed by atoms with Gasteiger partial charge in [0.05, 0.1) is 28.5 Å².